The summed E-state index contributed by atoms with van der Waals surface area (Å²) in [6.45, 7) is 2.54. The molecule has 2 heterocycles. The van der Waals surface area contributed by atoms with Crippen LogP contribution in [0.5, 0.6) is 0 Å². The van der Waals surface area contributed by atoms with Gasteiger partial charge in [-0.2, -0.15) is 0 Å². The lowest BCUT2D eigenvalue weighted by atomic mass is 9.97. The van der Waals surface area contributed by atoms with E-state index in [4.69, 9.17) is 14.6 Å². The average molecular weight is 317 g/mol. The number of hydrogen-bond donors (Lipinski definition) is 1. The fraction of sp³-hybridized carbons (Fsp3) is 0.500. The molecule has 1 fully saturated rings. The van der Waals surface area contributed by atoms with Gasteiger partial charge in [-0.05, 0) is 44.3 Å². The normalized spacial score (nSPS) is 22.5. The minimum absolute atomic E-state index is 0.180. The molecule has 1 aliphatic carbocycles. The number of aliphatic carboxylic acids is 1. The van der Waals surface area contributed by atoms with E-state index in [-0.39, 0.29) is 5.92 Å². The first-order valence-corrected chi connectivity index (χ1v) is 8.26. The molecular weight excluding hydrogens is 294 g/mol. The summed E-state index contributed by atoms with van der Waals surface area (Å²) < 4.78 is 11.4. The summed E-state index contributed by atoms with van der Waals surface area (Å²) in [5.74, 6) is 0.788. The van der Waals surface area contributed by atoms with Crippen LogP contribution in [0.3, 0.4) is 0 Å². The van der Waals surface area contributed by atoms with Crippen LogP contribution in [-0.2, 0) is 14.3 Å². The van der Waals surface area contributed by atoms with Crippen LogP contribution in [0.2, 0.25) is 0 Å². The van der Waals surface area contributed by atoms with Crippen LogP contribution in [0, 0.1) is 5.92 Å². The molecule has 2 aliphatic heterocycles. The van der Waals surface area contributed by atoms with Crippen molar-refractivity contribution >= 4 is 5.97 Å². The van der Waals surface area contributed by atoms with Crippen LogP contribution in [-0.4, -0.2) is 35.6 Å². The summed E-state index contributed by atoms with van der Waals surface area (Å²) in [6, 6.07) is 0. The minimum atomic E-state index is -0.666. The van der Waals surface area contributed by atoms with Gasteiger partial charge in [-0.25, -0.2) is 0 Å². The second-order valence-corrected chi connectivity index (χ2v) is 6.17. The van der Waals surface area contributed by atoms with Crippen molar-refractivity contribution in [1.82, 2.24) is 4.90 Å². The van der Waals surface area contributed by atoms with Crippen LogP contribution < -0.4 is 0 Å². The van der Waals surface area contributed by atoms with Gasteiger partial charge in [0.05, 0.1) is 5.92 Å². The lowest BCUT2D eigenvalue weighted by Crippen LogP contribution is -2.37. The number of allylic oxidation sites excluding steroid dienone is 4. The molecule has 0 bridgehead atoms. The summed E-state index contributed by atoms with van der Waals surface area (Å²) >= 11 is 0. The zero-order valence-corrected chi connectivity index (χ0v) is 13.2. The molecule has 5 nitrogen and oxygen atoms in total. The van der Waals surface area contributed by atoms with Gasteiger partial charge in [-0.1, -0.05) is 18.2 Å². The number of piperidine rings is 1. The molecular formula is C18H23NO4. The van der Waals surface area contributed by atoms with Crippen molar-refractivity contribution in [2.45, 2.75) is 32.1 Å². The second kappa shape index (κ2) is 7.51. The van der Waals surface area contributed by atoms with Crippen molar-refractivity contribution in [3.63, 3.8) is 0 Å². The Bertz CT molecular complexity index is 566. The van der Waals surface area contributed by atoms with E-state index in [0.29, 0.717) is 0 Å². The highest BCUT2D eigenvalue weighted by molar-refractivity contribution is 5.70. The monoisotopic (exact) mass is 317 g/mol. The zero-order valence-electron chi connectivity index (χ0n) is 13.2. The van der Waals surface area contributed by atoms with Crippen molar-refractivity contribution in [3.05, 3.63) is 47.8 Å². The van der Waals surface area contributed by atoms with E-state index in [1.807, 2.05) is 6.08 Å². The van der Waals surface area contributed by atoms with Crippen LogP contribution in [0.15, 0.2) is 47.8 Å². The Hall–Kier alpha value is -2.01. The number of rotatable bonds is 5. The van der Waals surface area contributed by atoms with E-state index in [1.165, 1.54) is 5.57 Å². The molecule has 1 N–H and O–H groups in total. The molecule has 0 spiro atoms. The van der Waals surface area contributed by atoms with Gasteiger partial charge in [0.2, 0.25) is 0 Å². The number of carbonyl (C=O) groups is 1. The Morgan fingerprint density at radius 3 is 2.83 bits per heavy atom. The smallest absolute Gasteiger partial charge is 0.306 e. The van der Waals surface area contributed by atoms with E-state index in [9.17, 15) is 4.79 Å². The largest absolute Gasteiger partial charge is 0.481 e. The maximum atomic E-state index is 11.0. The van der Waals surface area contributed by atoms with E-state index in [0.717, 1.165) is 63.3 Å². The number of nitrogens with zero attached hydrogens (tertiary/aromatic N) is 1. The lowest BCUT2D eigenvalue weighted by Gasteiger charge is -2.30. The van der Waals surface area contributed by atoms with Crippen LogP contribution in [0.1, 0.15) is 32.1 Å². The molecule has 0 unspecified atom stereocenters. The molecule has 0 aromatic heterocycles. The summed E-state index contributed by atoms with van der Waals surface area (Å²) in [5.41, 5.74) is 1.17. The molecule has 3 aliphatic rings. The first-order chi connectivity index (χ1) is 11.2. The summed E-state index contributed by atoms with van der Waals surface area (Å²) in [7, 11) is 0. The van der Waals surface area contributed by atoms with Gasteiger partial charge < -0.3 is 19.5 Å². The fourth-order valence-electron chi connectivity index (χ4n) is 3.09. The third-order valence-electron chi connectivity index (χ3n) is 4.56. The van der Waals surface area contributed by atoms with Gasteiger partial charge >= 0.3 is 5.97 Å². The van der Waals surface area contributed by atoms with E-state index in [2.05, 4.69) is 17.1 Å². The number of ether oxygens (including phenoxy) is 2. The molecule has 0 saturated carbocycles. The van der Waals surface area contributed by atoms with Crippen LogP contribution in [0.4, 0.5) is 0 Å². The molecule has 1 saturated heterocycles. The van der Waals surface area contributed by atoms with Crippen LogP contribution in [0.25, 0.3) is 0 Å². The third kappa shape index (κ3) is 4.26. The zero-order chi connectivity index (χ0) is 16.1. The Kier molecular flexibility index (Phi) is 5.18. The first kappa shape index (κ1) is 15.9. The van der Waals surface area contributed by atoms with Gasteiger partial charge in [0.15, 0.2) is 5.76 Å². The molecule has 0 radical (unpaired) electrons. The second-order valence-electron chi connectivity index (χ2n) is 6.17. The maximum Gasteiger partial charge on any atom is 0.306 e. The van der Waals surface area contributed by atoms with Crippen molar-refractivity contribution in [2.75, 3.05) is 19.6 Å². The highest BCUT2D eigenvalue weighted by Crippen LogP contribution is 2.27. The van der Waals surface area contributed by atoms with Crippen molar-refractivity contribution in [2.24, 2.45) is 5.92 Å². The molecule has 23 heavy (non-hydrogen) atoms. The van der Waals surface area contributed by atoms with E-state index >= 15 is 0 Å². The number of carboxylic acids is 1. The van der Waals surface area contributed by atoms with Crippen molar-refractivity contribution in [1.29, 1.82) is 0 Å². The molecule has 0 aromatic carbocycles. The Morgan fingerprint density at radius 1 is 1.30 bits per heavy atom. The first-order valence-electron chi connectivity index (χ1n) is 8.26. The highest BCUT2D eigenvalue weighted by Gasteiger charge is 2.24. The van der Waals surface area contributed by atoms with Gasteiger partial charge in [0.25, 0.3) is 0 Å². The van der Waals surface area contributed by atoms with Gasteiger partial charge in [-0.15, -0.1) is 0 Å². The van der Waals surface area contributed by atoms with Gasteiger partial charge in [0, 0.05) is 13.0 Å². The molecule has 0 atom stereocenters. The molecule has 3 rings (SSSR count). The van der Waals surface area contributed by atoms with Crippen molar-refractivity contribution < 1.29 is 19.4 Å². The van der Waals surface area contributed by atoms with E-state index in [1.54, 1.807) is 12.5 Å². The fourth-order valence-corrected chi connectivity index (χ4v) is 3.09. The van der Waals surface area contributed by atoms with Gasteiger partial charge in [0.1, 0.15) is 18.3 Å². The van der Waals surface area contributed by atoms with Crippen LogP contribution >= 0.6 is 0 Å². The number of carboxylic acid groups (broad SMARTS) is 1. The minimum Gasteiger partial charge on any atom is -0.481 e. The molecule has 0 amide bonds. The van der Waals surface area contributed by atoms with Gasteiger partial charge in [-0.3, -0.25) is 4.79 Å². The Labute approximate surface area is 136 Å². The quantitative estimate of drug-likeness (QED) is 0.844. The third-order valence-corrected chi connectivity index (χ3v) is 4.56. The summed E-state index contributed by atoms with van der Waals surface area (Å²) in [6.07, 6.45) is 13.8. The predicted molar refractivity (Wildman–Crippen MR) is 86.2 cm³/mol. The highest BCUT2D eigenvalue weighted by atomic mass is 16.5. The standard InChI is InChI=1S/C18H23NO4/c20-18(21)15-6-9-19(10-7-15)11-8-16-12-22-13-17(23-16)14-4-2-1-3-5-14/h1-2,4,12-13,15H,3,5-11H2,(H,20,21). The topological polar surface area (TPSA) is 59.0 Å². The maximum absolute atomic E-state index is 11.0. The molecule has 124 valence electrons. The van der Waals surface area contributed by atoms with E-state index < -0.39 is 5.97 Å². The van der Waals surface area contributed by atoms with Crippen molar-refractivity contribution in [3.8, 4) is 0 Å². The Balaban J connectivity index is 1.45. The lowest BCUT2D eigenvalue weighted by molar-refractivity contribution is -0.143. The molecule has 5 heteroatoms. The SMILES string of the molecule is O=C(O)C1CCN(CCC2=COC=C(C3=CC=CCC3)O2)CC1. The number of likely N-dealkylation sites (tertiary alicyclic amines) is 1. The Morgan fingerprint density at radius 2 is 2.13 bits per heavy atom. The number of hydrogen-bond acceptors (Lipinski definition) is 4. The summed E-state index contributed by atoms with van der Waals surface area (Å²) in [4.78, 5) is 13.3. The summed E-state index contributed by atoms with van der Waals surface area (Å²) in [5, 5.41) is 9.03. The molecule has 0 aromatic rings. The predicted octanol–water partition coefficient (Wildman–Crippen LogP) is 3.18. The average Bonchev–Trinajstić information content (AvgIpc) is 2.61.